The van der Waals surface area contributed by atoms with Crippen molar-refractivity contribution in [1.82, 2.24) is 19.9 Å². The van der Waals surface area contributed by atoms with E-state index in [0.29, 0.717) is 12.2 Å². The monoisotopic (exact) mass is 379 g/mol. The topological polar surface area (TPSA) is 62.2 Å². The van der Waals surface area contributed by atoms with Crippen LogP contribution in [-0.2, 0) is 0 Å². The van der Waals surface area contributed by atoms with Crippen LogP contribution >= 0.6 is 11.3 Å². The summed E-state index contributed by atoms with van der Waals surface area (Å²) in [7, 11) is 0. The maximum absolute atomic E-state index is 12.7. The minimum absolute atomic E-state index is 0.0477. The summed E-state index contributed by atoms with van der Waals surface area (Å²) in [5, 5.41) is 3.11. The number of rotatable bonds is 3. The van der Waals surface area contributed by atoms with Gasteiger partial charge in [-0.25, -0.2) is 9.97 Å². The van der Waals surface area contributed by atoms with Gasteiger partial charge in [-0.3, -0.25) is 9.78 Å². The van der Waals surface area contributed by atoms with Crippen LogP contribution in [0.25, 0.3) is 11.3 Å². The molecule has 1 aromatic carbocycles. The van der Waals surface area contributed by atoms with E-state index in [9.17, 15) is 4.79 Å². The van der Waals surface area contributed by atoms with E-state index in [-0.39, 0.29) is 5.91 Å². The Kier molecular flexibility index (Phi) is 5.11. The van der Waals surface area contributed by atoms with Gasteiger partial charge in [0, 0.05) is 43.3 Å². The summed E-state index contributed by atoms with van der Waals surface area (Å²) >= 11 is 1.66. The van der Waals surface area contributed by atoms with Crippen molar-refractivity contribution in [3.63, 3.8) is 0 Å². The molecule has 0 atom stereocenters. The van der Waals surface area contributed by atoms with Crippen molar-refractivity contribution >= 4 is 22.4 Å². The number of thiazole rings is 1. The number of hydrogen-bond acceptors (Lipinski definition) is 6. The van der Waals surface area contributed by atoms with Crippen LogP contribution in [0.15, 0.2) is 48.1 Å². The van der Waals surface area contributed by atoms with Gasteiger partial charge in [-0.1, -0.05) is 30.3 Å². The highest BCUT2D eigenvalue weighted by molar-refractivity contribution is 7.14. The molecule has 4 rings (SSSR count). The fourth-order valence-corrected chi connectivity index (χ4v) is 4.02. The molecule has 0 radical (unpaired) electrons. The molecule has 3 aromatic rings. The van der Waals surface area contributed by atoms with Gasteiger partial charge in [0.2, 0.25) is 0 Å². The van der Waals surface area contributed by atoms with Gasteiger partial charge in [0.15, 0.2) is 5.13 Å². The zero-order chi connectivity index (χ0) is 18.6. The van der Waals surface area contributed by atoms with Gasteiger partial charge in [0.1, 0.15) is 5.69 Å². The molecule has 1 aliphatic heterocycles. The van der Waals surface area contributed by atoms with Crippen molar-refractivity contribution in [3.8, 4) is 11.3 Å². The summed E-state index contributed by atoms with van der Waals surface area (Å²) in [5.41, 5.74) is 3.36. The Morgan fingerprint density at radius 1 is 1.04 bits per heavy atom. The van der Waals surface area contributed by atoms with Crippen LogP contribution in [0.3, 0.4) is 0 Å². The van der Waals surface area contributed by atoms with Crippen molar-refractivity contribution in [1.29, 1.82) is 0 Å². The van der Waals surface area contributed by atoms with Gasteiger partial charge in [0.05, 0.1) is 17.6 Å². The molecule has 1 fully saturated rings. The summed E-state index contributed by atoms with van der Waals surface area (Å²) < 4.78 is 0. The van der Waals surface area contributed by atoms with E-state index in [1.807, 2.05) is 30.0 Å². The van der Waals surface area contributed by atoms with Crippen molar-refractivity contribution in [2.24, 2.45) is 0 Å². The summed E-state index contributed by atoms with van der Waals surface area (Å²) in [4.78, 5) is 30.0. The quantitative estimate of drug-likeness (QED) is 0.699. The lowest BCUT2D eigenvalue weighted by Gasteiger charge is -2.21. The van der Waals surface area contributed by atoms with Gasteiger partial charge in [0.25, 0.3) is 5.91 Å². The molecule has 0 spiro atoms. The molecule has 0 N–H and O–H groups in total. The minimum atomic E-state index is -0.0477. The first-order valence-corrected chi connectivity index (χ1v) is 9.92. The Hall–Kier alpha value is -2.80. The molecule has 27 heavy (non-hydrogen) atoms. The van der Waals surface area contributed by atoms with Crippen LogP contribution in [0.1, 0.15) is 22.6 Å². The number of hydrogen-bond donors (Lipinski definition) is 0. The summed E-state index contributed by atoms with van der Waals surface area (Å²) in [5.74, 6) is -0.0477. The number of anilines is 1. The van der Waals surface area contributed by atoms with E-state index >= 15 is 0 Å². The third-order valence-electron chi connectivity index (χ3n) is 4.62. The summed E-state index contributed by atoms with van der Waals surface area (Å²) in [6.07, 6.45) is 4.11. The average Bonchev–Trinajstić information content (AvgIpc) is 3.07. The molecule has 0 unspecified atom stereocenters. The molecule has 1 saturated heterocycles. The summed E-state index contributed by atoms with van der Waals surface area (Å²) in [6, 6.07) is 10.2. The average molecular weight is 379 g/mol. The number of nitrogens with zero attached hydrogens (tertiary/aromatic N) is 5. The fourth-order valence-electron chi connectivity index (χ4n) is 3.13. The maximum atomic E-state index is 12.7. The van der Waals surface area contributed by atoms with Crippen LogP contribution in [0, 0.1) is 6.92 Å². The largest absolute Gasteiger partial charge is 0.346 e. The Bertz CT molecular complexity index is 910. The molecule has 7 heteroatoms. The molecule has 138 valence electrons. The van der Waals surface area contributed by atoms with Crippen LogP contribution < -0.4 is 4.90 Å². The minimum Gasteiger partial charge on any atom is -0.346 e. The third-order valence-corrected chi connectivity index (χ3v) is 5.52. The van der Waals surface area contributed by atoms with Crippen LogP contribution in [0.4, 0.5) is 5.13 Å². The highest BCUT2D eigenvalue weighted by atomic mass is 32.1. The molecular formula is C20H21N5OS. The molecule has 0 saturated carbocycles. The Balaban J connectivity index is 1.44. The fraction of sp³-hybridized carbons (Fsp3) is 0.300. The van der Waals surface area contributed by atoms with Crippen molar-refractivity contribution in [2.45, 2.75) is 13.3 Å². The first-order chi connectivity index (χ1) is 13.2. The predicted octanol–water partition coefficient (Wildman–Crippen LogP) is 3.26. The second-order valence-electron chi connectivity index (χ2n) is 6.56. The Labute approximate surface area is 162 Å². The molecule has 0 bridgehead atoms. The number of aromatic nitrogens is 3. The molecule has 1 amide bonds. The van der Waals surface area contributed by atoms with Gasteiger partial charge < -0.3 is 9.80 Å². The second kappa shape index (κ2) is 7.84. The lowest BCUT2D eigenvalue weighted by Crippen LogP contribution is -2.35. The van der Waals surface area contributed by atoms with E-state index in [2.05, 4.69) is 32.4 Å². The zero-order valence-electron chi connectivity index (χ0n) is 15.2. The SMILES string of the molecule is Cc1cnc(C(=O)N2CCCN(c3nc(-c4ccccc4)cs3)CC2)cn1. The van der Waals surface area contributed by atoms with E-state index in [1.165, 1.54) is 0 Å². The molecular weight excluding hydrogens is 358 g/mol. The number of carbonyl (C=O) groups is 1. The first-order valence-electron chi connectivity index (χ1n) is 9.04. The van der Waals surface area contributed by atoms with Crippen molar-refractivity contribution in [2.75, 3.05) is 31.1 Å². The van der Waals surface area contributed by atoms with Crippen molar-refractivity contribution < 1.29 is 4.79 Å². The highest BCUT2D eigenvalue weighted by Crippen LogP contribution is 2.28. The van der Waals surface area contributed by atoms with Gasteiger partial charge >= 0.3 is 0 Å². The zero-order valence-corrected chi connectivity index (χ0v) is 16.0. The van der Waals surface area contributed by atoms with Gasteiger partial charge in [-0.05, 0) is 13.3 Å². The Morgan fingerprint density at radius 2 is 1.89 bits per heavy atom. The van der Waals surface area contributed by atoms with E-state index in [4.69, 9.17) is 4.98 Å². The molecule has 3 heterocycles. The number of carbonyl (C=O) groups excluding carboxylic acids is 1. The van der Waals surface area contributed by atoms with Crippen LogP contribution in [0.5, 0.6) is 0 Å². The number of amides is 1. The van der Waals surface area contributed by atoms with Gasteiger partial charge in [-0.15, -0.1) is 11.3 Å². The maximum Gasteiger partial charge on any atom is 0.274 e. The molecule has 2 aromatic heterocycles. The Morgan fingerprint density at radius 3 is 2.67 bits per heavy atom. The van der Waals surface area contributed by atoms with Crippen LogP contribution in [0.2, 0.25) is 0 Å². The lowest BCUT2D eigenvalue weighted by molar-refractivity contribution is 0.0760. The molecule has 0 aliphatic carbocycles. The van der Waals surface area contributed by atoms with E-state index in [1.54, 1.807) is 23.7 Å². The number of benzene rings is 1. The van der Waals surface area contributed by atoms with E-state index in [0.717, 1.165) is 48.1 Å². The number of aryl methyl sites for hydroxylation is 1. The molecule has 1 aliphatic rings. The third kappa shape index (κ3) is 3.98. The standard InChI is InChI=1S/C20H21N5OS/c1-15-12-22-17(13-21-15)19(26)24-8-5-9-25(11-10-24)20-23-18(14-27-20)16-6-3-2-4-7-16/h2-4,6-7,12-14H,5,8-11H2,1H3. The second-order valence-corrected chi connectivity index (χ2v) is 7.39. The molecule has 6 nitrogen and oxygen atoms in total. The van der Waals surface area contributed by atoms with Crippen LogP contribution in [-0.4, -0.2) is 51.9 Å². The smallest absolute Gasteiger partial charge is 0.274 e. The first kappa shape index (κ1) is 17.6. The van der Waals surface area contributed by atoms with Crippen molar-refractivity contribution in [3.05, 3.63) is 59.5 Å². The van der Waals surface area contributed by atoms with E-state index < -0.39 is 0 Å². The van der Waals surface area contributed by atoms with Gasteiger partial charge in [-0.2, -0.15) is 0 Å². The predicted molar refractivity (Wildman–Crippen MR) is 107 cm³/mol. The lowest BCUT2D eigenvalue weighted by atomic mass is 10.2. The summed E-state index contributed by atoms with van der Waals surface area (Å²) in [6.45, 7) is 4.91. The normalized spacial score (nSPS) is 14.9. The highest BCUT2D eigenvalue weighted by Gasteiger charge is 2.22.